The summed E-state index contributed by atoms with van der Waals surface area (Å²) in [6.45, 7) is 0.958. The van der Waals surface area contributed by atoms with Crippen LogP contribution in [0.1, 0.15) is 41.1 Å². The molecule has 2 N–H and O–H groups in total. The topological polar surface area (TPSA) is 56.0 Å². The van der Waals surface area contributed by atoms with E-state index in [-0.39, 0.29) is 0 Å². The van der Waals surface area contributed by atoms with Gasteiger partial charge in [0.15, 0.2) is 0 Å². The predicted octanol–water partition coefficient (Wildman–Crippen LogP) is 3.47. The van der Waals surface area contributed by atoms with Crippen molar-refractivity contribution >= 4 is 0 Å². The standard InChI is InChI=1S/C19H20N2O/c20-13-15-8-6-14(7-9-15)3-2-12-21-18-11-10-17-16(18)4-1-5-19(17)22/h1,4-9,18,21-22H,2-3,10-12H2/t18-/m1/s1. The second kappa shape index (κ2) is 6.64. The minimum Gasteiger partial charge on any atom is -0.508 e. The number of aryl methyl sites for hydroxylation is 1. The molecule has 112 valence electrons. The Balaban J connectivity index is 1.48. The molecule has 0 spiro atoms. The van der Waals surface area contributed by atoms with Crippen LogP contribution in [0.4, 0.5) is 0 Å². The van der Waals surface area contributed by atoms with Gasteiger partial charge in [-0.1, -0.05) is 24.3 Å². The van der Waals surface area contributed by atoms with Crippen LogP contribution in [0.15, 0.2) is 42.5 Å². The van der Waals surface area contributed by atoms with Crippen LogP contribution >= 0.6 is 0 Å². The van der Waals surface area contributed by atoms with Gasteiger partial charge in [-0.25, -0.2) is 0 Å². The third kappa shape index (κ3) is 3.13. The quantitative estimate of drug-likeness (QED) is 0.830. The first-order chi connectivity index (χ1) is 10.8. The van der Waals surface area contributed by atoms with Crippen LogP contribution in [0.5, 0.6) is 5.75 Å². The molecular formula is C19H20N2O. The summed E-state index contributed by atoms with van der Waals surface area (Å²) in [7, 11) is 0. The number of benzene rings is 2. The molecule has 0 aliphatic heterocycles. The van der Waals surface area contributed by atoms with E-state index in [1.165, 1.54) is 11.1 Å². The van der Waals surface area contributed by atoms with Gasteiger partial charge in [0.2, 0.25) is 0 Å². The van der Waals surface area contributed by atoms with Gasteiger partial charge in [0.25, 0.3) is 0 Å². The van der Waals surface area contributed by atoms with E-state index in [1.807, 2.05) is 30.3 Å². The Kier molecular flexibility index (Phi) is 4.41. The lowest BCUT2D eigenvalue weighted by Gasteiger charge is -2.14. The first-order valence-corrected chi connectivity index (χ1v) is 7.81. The van der Waals surface area contributed by atoms with Crippen LogP contribution in [0.3, 0.4) is 0 Å². The Morgan fingerprint density at radius 3 is 2.77 bits per heavy atom. The van der Waals surface area contributed by atoms with E-state index >= 15 is 0 Å². The molecule has 0 saturated carbocycles. The van der Waals surface area contributed by atoms with Crippen molar-refractivity contribution in [2.24, 2.45) is 0 Å². The van der Waals surface area contributed by atoms with Gasteiger partial charge >= 0.3 is 0 Å². The fraction of sp³-hybridized carbons (Fsp3) is 0.316. The molecule has 0 aromatic heterocycles. The van der Waals surface area contributed by atoms with Crippen molar-refractivity contribution in [1.29, 1.82) is 5.26 Å². The maximum absolute atomic E-state index is 9.86. The summed E-state index contributed by atoms with van der Waals surface area (Å²) in [6.07, 6.45) is 4.09. The van der Waals surface area contributed by atoms with Crippen molar-refractivity contribution in [2.75, 3.05) is 6.54 Å². The molecule has 3 rings (SSSR count). The van der Waals surface area contributed by atoms with Crippen molar-refractivity contribution in [3.63, 3.8) is 0 Å². The maximum atomic E-state index is 9.86. The first kappa shape index (κ1) is 14.6. The Labute approximate surface area is 131 Å². The lowest BCUT2D eigenvalue weighted by molar-refractivity contribution is 0.469. The molecule has 0 bridgehead atoms. The summed E-state index contributed by atoms with van der Waals surface area (Å²) in [5.41, 5.74) is 4.33. The Bertz CT molecular complexity index is 686. The van der Waals surface area contributed by atoms with E-state index in [9.17, 15) is 5.11 Å². The van der Waals surface area contributed by atoms with E-state index < -0.39 is 0 Å². The van der Waals surface area contributed by atoms with Gasteiger partial charge in [0.05, 0.1) is 11.6 Å². The number of nitriles is 1. The monoisotopic (exact) mass is 292 g/mol. The van der Waals surface area contributed by atoms with Crippen LogP contribution in [0.25, 0.3) is 0 Å². The highest BCUT2D eigenvalue weighted by atomic mass is 16.3. The van der Waals surface area contributed by atoms with Gasteiger partial charge in [-0.2, -0.15) is 5.26 Å². The van der Waals surface area contributed by atoms with Gasteiger partial charge in [-0.3, -0.25) is 0 Å². The lowest BCUT2D eigenvalue weighted by atomic mass is 10.1. The molecule has 0 amide bonds. The number of fused-ring (bicyclic) bond motifs is 1. The average Bonchev–Trinajstić information content (AvgIpc) is 2.97. The summed E-state index contributed by atoms with van der Waals surface area (Å²) >= 11 is 0. The van der Waals surface area contributed by atoms with E-state index in [0.29, 0.717) is 17.4 Å². The molecule has 3 heteroatoms. The van der Waals surface area contributed by atoms with Crippen molar-refractivity contribution in [3.8, 4) is 11.8 Å². The number of rotatable bonds is 5. The number of hydrogen-bond donors (Lipinski definition) is 2. The Morgan fingerprint density at radius 1 is 1.18 bits per heavy atom. The molecule has 0 radical (unpaired) electrons. The molecular weight excluding hydrogens is 272 g/mol. The third-order valence-corrected chi connectivity index (χ3v) is 4.36. The summed E-state index contributed by atoms with van der Waals surface area (Å²) in [5, 5.41) is 22.2. The van der Waals surface area contributed by atoms with Crippen LogP contribution in [-0.4, -0.2) is 11.7 Å². The van der Waals surface area contributed by atoms with Crippen LogP contribution in [-0.2, 0) is 12.8 Å². The number of aromatic hydroxyl groups is 1. The molecule has 0 unspecified atom stereocenters. The number of hydrogen-bond acceptors (Lipinski definition) is 3. The van der Waals surface area contributed by atoms with Crippen LogP contribution < -0.4 is 5.32 Å². The molecule has 1 aliphatic rings. The molecule has 1 atom stereocenters. The zero-order valence-corrected chi connectivity index (χ0v) is 12.5. The highest BCUT2D eigenvalue weighted by Crippen LogP contribution is 2.36. The maximum Gasteiger partial charge on any atom is 0.119 e. The van der Waals surface area contributed by atoms with Crippen LogP contribution in [0.2, 0.25) is 0 Å². The largest absolute Gasteiger partial charge is 0.508 e. The third-order valence-electron chi connectivity index (χ3n) is 4.36. The van der Waals surface area contributed by atoms with Gasteiger partial charge in [-0.05, 0) is 67.1 Å². The number of phenolic OH excluding ortho intramolecular Hbond substituents is 1. The summed E-state index contributed by atoms with van der Waals surface area (Å²) in [4.78, 5) is 0. The van der Waals surface area contributed by atoms with Crippen molar-refractivity contribution in [2.45, 2.75) is 31.7 Å². The minimum absolute atomic E-state index is 0.364. The van der Waals surface area contributed by atoms with E-state index in [0.717, 1.165) is 37.8 Å². The second-order valence-corrected chi connectivity index (χ2v) is 5.80. The molecule has 1 aliphatic carbocycles. The van der Waals surface area contributed by atoms with E-state index in [1.54, 1.807) is 6.07 Å². The summed E-state index contributed by atoms with van der Waals surface area (Å²) < 4.78 is 0. The average molecular weight is 292 g/mol. The fourth-order valence-electron chi connectivity index (χ4n) is 3.16. The first-order valence-electron chi connectivity index (χ1n) is 7.81. The predicted molar refractivity (Wildman–Crippen MR) is 86.6 cm³/mol. The summed E-state index contributed by atoms with van der Waals surface area (Å²) in [5.74, 6) is 0.430. The molecule has 3 nitrogen and oxygen atoms in total. The highest BCUT2D eigenvalue weighted by molar-refractivity contribution is 5.44. The van der Waals surface area contributed by atoms with Gasteiger partial charge in [-0.15, -0.1) is 0 Å². The Morgan fingerprint density at radius 2 is 2.00 bits per heavy atom. The van der Waals surface area contributed by atoms with Crippen LogP contribution in [0, 0.1) is 11.3 Å². The van der Waals surface area contributed by atoms with Gasteiger partial charge in [0.1, 0.15) is 5.75 Å². The molecule has 2 aromatic carbocycles. The molecule has 0 saturated heterocycles. The van der Waals surface area contributed by atoms with Crippen molar-refractivity contribution < 1.29 is 5.11 Å². The minimum atomic E-state index is 0.364. The fourth-order valence-corrected chi connectivity index (χ4v) is 3.16. The summed E-state index contributed by atoms with van der Waals surface area (Å²) in [6, 6.07) is 16.1. The molecule has 22 heavy (non-hydrogen) atoms. The number of nitrogens with zero attached hydrogens (tertiary/aromatic N) is 1. The van der Waals surface area contributed by atoms with Gasteiger partial charge < -0.3 is 10.4 Å². The molecule has 0 fully saturated rings. The Hall–Kier alpha value is -2.31. The zero-order chi connectivity index (χ0) is 15.4. The molecule has 2 aromatic rings. The van der Waals surface area contributed by atoms with Gasteiger partial charge in [0, 0.05) is 6.04 Å². The smallest absolute Gasteiger partial charge is 0.119 e. The van der Waals surface area contributed by atoms with Crippen molar-refractivity contribution in [1.82, 2.24) is 5.32 Å². The normalized spacial score (nSPS) is 16.2. The zero-order valence-electron chi connectivity index (χ0n) is 12.5. The van der Waals surface area contributed by atoms with Crippen molar-refractivity contribution in [3.05, 3.63) is 64.7 Å². The van der Waals surface area contributed by atoms with E-state index in [2.05, 4.69) is 17.5 Å². The van der Waals surface area contributed by atoms with E-state index in [4.69, 9.17) is 5.26 Å². The SMILES string of the molecule is N#Cc1ccc(CCCN[C@@H]2CCc3c(O)cccc32)cc1. The second-order valence-electron chi connectivity index (χ2n) is 5.80. The number of nitrogens with one attached hydrogen (secondary N) is 1. The number of phenols is 1. The molecule has 0 heterocycles. The highest BCUT2D eigenvalue weighted by Gasteiger charge is 2.23. The lowest BCUT2D eigenvalue weighted by Crippen LogP contribution is -2.20.